The molecule has 0 saturated carbocycles. The van der Waals surface area contributed by atoms with Crippen LogP contribution in [0.4, 0.5) is 39.5 Å². The van der Waals surface area contributed by atoms with E-state index in [1.54, 1.807) is 0 Å². The van der Waals surface area contributed by atoms with Gasteiger partial charge in [0, 0.05) is 6.61 Å². The molecule has 0 saturated heterocycles. The van der Waals surface area contributed by atoms with Crippen molar-refractivity contribution in [2.75, 3.05) is 13.2 Å². The van der Waals surface area contributed by atoms with Crippen LogP contribution in [0.25, 0.3) is 0 Å². The fourth-order valence-electron chi connectivity index (χ4n) is 0.922. The van der Waals surface area contributed by atoms with Gasteiger partial charge >= 0.3 is 43.0 Å². The molecule has 0 radical (unpaired) electrons. The van der Waals surface area contributed by atoms with Crippen LogP contribution in [0, 0.1) is 0 Å². The number of halogens is 9. The van der Waals surface area contributed by atoms with E-state index in [9.17, 15) is 44.6 Å². The molecule has 2 nitrogen and oxygen atoms in total. The zero-order valence-corrected chi connectivity index (χ0v) is 8.63. The first-order valence-corrected chi connectivity index (χ1v) is 3.73. The van der Waals surface area contributed by atoms with Gasteiger partial charge in [0.1, 0.15) is 0 Å². The Bertz CT molecular complexity index is 219. The predicted molar refractivity (Wildman–Crippen MR) is 31.7 cm³/mol. The molecule has 0 fully saturated rings. The Balaban J connectivity index is 0. The van der Waals surface area contributed by atoms with Crippen LogP contribution in [0.5, 0.6) is 0 Å². The van der Waals surface area contributed by atoms with E-state index < -0.39 is 37.3 Å². The van der Waals surface area contributed by atoms with E-state index in [1.165, 1.54) is 0 Å². The summed E-state index contributed by atoms with van der Waals surface area (Å²) in [5.74, 6) is 0. The van der Waals surface area contributed by atoms with Crippen molar-refractivity contribution in [3.63, 3.8) is 0 Å². The molecule has 0 amide bonds. The van der Waals surface area contributed by atoms with Crippen LogP contribution in [0.1, 0.15) is 0 Å². The van der Waals surface area contributed by atoms with E-state index in [1.807, 2.05) is 0 Å². The van der Waals surface area contributed by atoms with Crippen molar-refractivity contribution >= 4 is 0 Å². The van der Waals surface area contributed by atoms with Gasteiger partial charge in [-0.3, -0.25) is 0 Å². The number of hydrogen-bond acceptors (Lipinski definition) is 2. The minimum atomic E-state index is -6.78. The van der Waals surface area contributed by atoms with Gasteiger partial charge in [0.15, 0.2) is 0 Å². The Hall–Kier alpha value is -0.113. The first kappa shape index (κ1) is 20.2. The molecule has 0 aliphatic rings. The summed E-state index contributed by atoms with van der Waals surface area (Å²) in [5.41, 5.74) is -6.34. The minimum absolute atomic E-state index is 0. The smallest absolute Gasteiger partial charge is 0.853 e. The van der Waals surface area contributed by atoms with Gasteiger partial charge in [-0.2, -0.15) is 39.5 Å². The molecule has 0 aromatic heterocycles. The summed E-state index contributed by atoms with van der Waals surface area (Å²) in [4.78, 5) is 0. The summed E-state index contributed by atoms with van der Waals surface area (Å²) in [6.45, 7) is -3.55. The predicted octanol–water partition coefficient (Wildman–Crippen LogP) is -1.21. The van der Waals surface area contributed by atoms with Gasteiger partial charge in [-0.25, -0.2) is 0 Å². The summed E-state index contributed by atoms with van der Waals surface area (Å²) >= 11 is 0. The number of hydrogen-bond donors (Lipinski definition) is 0. The van der Waals surface area contributed by atoms with Crippen molar-refractivity contribution in [3.05, 3.63) is 0 Å². The van der Waals surface area contributed by atoms with Gasteiger partial charge in [0.05, 0.1) is 0 Å². The first-order chi connectivity index (χ1) is 7.31. The molecule has 18 heavy (non-hydrogen) atoms. The van der Waals surface area contributed by atoms with Crippen LogP contribution >= 0.6 is 0 Å². The molecule has 0 N–H and O–H groups in total. The third kappa shape index (κ3) is 3.46. The van der Waals surface area contributed by atoms with Gasteiger partial charge in [-0.1, -0.05) is 0 Å². The van der Waals surface area contributed by atoms with Crippen LogP contribution in [-0.4, -0.2) is 37.3 Å². The second-order valence-electron chi connectivity index (χ2n) is 2.73. The van der Waals surface area contributed by atoms with Crippen molar-refractivity contribution in [1.82, 2.24) is 0 Å². The van der Waals surface area contributed by atoms with Crippen LogP contribution < -0.4 is 24.0 Å². The van der Waals surface area contributed by atoms with E-state index in [4.69, 9.17) is 0 Å². The van der Waals surface area contributed by atoms with E-state index in [2.05, 4.69) is 4.74 Å². The maximum absolute atomic E-state index is 12.0. The van der Waals surface area contributed by atoms with Crippen molar-refractivity contribution in [3.8, 4) is 0 Å². The molecule has 0 aromatic rings. The summed E-state index contributed by atoms with van der Waals surface area (Å²) < 4.78 is 111. The fraction of sp³-hybridized carbons (Fsp3) is 1.00. The zero-order valence-electron chi connectivity index (χ0n) is 8.63. The molecule has 104 valence electrons. The first-order valence-electron chi connectivity index (χ1n) is 3.73. The standard InChI is InChI=1S/C6H4F9O2.Li/c7-4(8,9)3(5(10,11)12,6(13,14)15)17-2-1-16;/h1-2H2;/q-1;+1. The monoisotopic (exact) mass is 286 g/mol. The maximum atomic E-state index is 12.0. The molecule has 0 aliphatic heterocycles. The molecule has 0 unspecified atom stereocenters. The van der Waals surface area contributed by atoms with Crippen molar-refractivity contribution in [1.29, 1.82) is 0 Å². The number of rotatable bonds is 3. The van der Waals surface area contributed by atoms with Gasteiger partial charge in [-0.05, 0) is 0 Å². The Morgan fingerprint density at radius 2 is 1.00 bits per heavy atom. The number of alkyl halides is 9. The fourth-order valence-corrected chi connectivity index (χ4v) is 0.922. The van der Waals surface area contributed by atoms with Crippen molar-refractivity contribution < 1.29 is 68.2 Å². The zero-order chi connectivity index (χ0) is 14.1. The Kier molecular flexibility index (Phi) is 6.62. The molecule has 0 bridgehead atoms. The normalized spacial score (nSPS) is 14.3. The van der Waals surface area contributed by atoms with Crippen molar-refractivity contribution in [2.45, 2.75) is 24.1 Å². The Morgan fingerprint density at radius 3 is 1.17 bits per heavy atom. The minimum Gasteiger partial charge on any atom is -0.853 e. The number of ether oxygens (including phenoxy) is 1. The molecule has 0 rings (SSSR count). The van der Waals surface area contributed by atoms with E-state index >= 15 is 0 Å². The molecule has 0 heterocycles. The largest absolute Gasteiger partial charge is 1.00 e. The quantitative estimate of drug-likeness (QED) is 0.482. The molecule has 0 aliphatic carbocycles. The molecule has 0 spiro atoms. The summed E-state index contributed by atoms with van der Waals surface area (Å²) in [5, 5.41) is 9.73. The van der Waals surface area contributed by atoms with Crippen LogP contribution in [-0.2, 0) is 4.74 Å². The summed E-state index contributed by atoms with van der Waals surface area (Å²) in [7, 11) is 0. The van der Waals surface area contributed by atoms with E-state index in [0.717, 1.165) is 0 Å². The topological polar surface area (TPSA) is 32.3 Å². The third-order valence-electron chi connectivity index (χ3n) is 1.60. The summed E-state index contributed by atoms with van der Waals surface area (Å²) in [6, 6.07) is 0. The average molecular weight is 286 g/mol. The molecule has 12 heteroatoms. The maximum Gasteiger partial charge on any atom is 1.00 e. The van der Waals surface area contributed by atoms with Gasteiger partial charge in [-0.15, -0.1) is 6.61 Å². The van der Waals surface area contributed by atoms with E-state index in [0.29, 0.717) is 0 Å². The molecular weight excluding hydrogens is 282 g/mol. The van der Waals surface area contributed by atoms with Crippen LogP contribution in [0.2, 0.25) is 0 Å². The molecule has 0 atom stereocenters. The third-order valence-corrected chi connectivity index (χ3v) is 1.60. The Morgan fingerprint density at radius 1 is 0.722 bits per heavy atom. The van der Waals surface area contributed by atoms with Crippen LogP contribution in [0.3, 0.4) is 0 Å². The van der Waals surface area contributed by atoms with Crippen LogP contribution in [0.15, 0.2) is 0 Å². The van der Waals surface area contributed by atoms with Crippen molar-refractivity contribution in [2.24, 2.45) is 0 Å². The van der Waals surface area contributed by atoms with Gasteiger partial charge < -0.3 is 9.84 Å². The molecule has 0 aromatic carbocycles. The van der Waals surface area contributed by atoms with E-state index in [-0.39, 0.29) is 18.9 Å². The second-order valence-corrected chi connectivity index (χ2v) is 2.73. The average Bonchev–Trinajstić information content (AvgIpc) is 1.96. The van der Waals surface area contributed by atoms with Gasteiger partial charge in [0.2, 0.25) is 0 Å². The van der Waals surface area contributed by atoms with Gasteiger partial charge in [0.25, 0.3) is 0 Å². The Labute approximate surface area is 106 Å². The second kappa shape index (κ2) is 5.90. The molecular formula is C6H4F9LiO2. The summed E-state index contributed by atoms with van der Waals surface area (Å²) in [6.07, 6.45) is -20.3. The SMILES string of the molecule is [Li+].[O-]CCOC(C(F)(F)F)(C(F)(F)F)C(F)(F)F.